The summed E-state index contributed by atoms with van der Waals surface area (Å²) in [5.74, 6) is 0. The van der Waals surface area contributed by atoms with Gasteiger partial charge in [-0.25, -0.2) is 0 Å². The lowest BCUT2D eigenvalue weighted by molar-refractivity contribution is 0.0967. The monoisotopic (exact) mass is 307 g/mol. The molecule has 0 aromatic heterocycles. The highest BCUT2D eigenvalue weighted by Crippen LogP contribution is 2.15. The van der Waals surface area contributed by atoms with Crippen LogP contribution < -0.4 is 5.32 Å². The molecular weight excluding hydrogens is 278 g/mol. The summed E-state index contributed by atoms with van der Waals surface area (Å²) in [5, 5.41) is 3.29. The number of hydrogen-bond acceptors (Lipinski definition) is 4. The minimum Gasteiger partial charge on any atom is -0.377 e. The largest absolute Gasteiger partial charge is 0.377 e. The minimum absolute atomic E-state index is 0.0470. The molecule has 0 aromatic carbocycles. The van der Waals surface area contributed by atoms with Gasteiger partial charge in [-0.05, 0) is 25.8 Å². The lowest BCUT2D eigenvalue weighted by Gasteiger charge is -2.26. The molecule has 1 saturated heterocycles. The zero-order chi connectivity index (χ0) is 15.2. The average Bonchev–Trinajstić information content (AvgIpc) is 2.86. The maximum atomic E-state index is 12.3. The molecule has 0 bridgehead atoms. The lowest BCUT2D eigenvalue weighted by Crippen LogP contribution is -2.43. The molecule has 120 valence electrons. The Balaban J connectivity index is 2.36. The van der Waals surface area contributed by atoms with Gasteiger partial charge in [0.25, 0.3) is 10.2 Å². The van der Waals surface area contributed by atoms with E-state index in [4.69, 9.17) is 4.74 Å². The topological polar surface area (TPSA) is 61.9 Å². The molecule has 1 unspecified atom stereocenters. The van der Waals surface area contributed by atoms with E-state index >= 15 is 0 Å². The third-order valence-electron chi connectivity index (χ3n) is 3.47. The molecule has 1 heterocycles. The first-order valence-electron chi connectivity index (χ1n) is 7.36. The minimum atomic E-state index is -3.37. The molecule has 1 N–H and O–H groups in total. The van der Waals surface area contributed by atoms with E-state index in [1.165, 1.54) is 8.61 Å². The molecule has 0 radical (unpaired) electrons. The highest BCUT2D eigenvalue weighted by molar-refractivity contribution is 7.86. The number of rotatable bonds is 9. The summed E-state index contributed by atoms with van der Waals surface area (Å²) in [7, 11) is -0.108. The van der Waals surface area contributed by atoms with E-state index in [0.717, 1.165) is 32.4 Å². The van der Waals surface area contributed by atoms with Gasteiger partial charge in [0.1, 0.15) is 0 Å². The highest BCUT2D eigenvalue weighted by Gasteiger charge is 2.27. The fraction of sp³-hybridized carbons (Fsp3) is 1.00. The van der Waals surface area contributed by atoms with E-state index in [1.54, 1.807) is 14.1 Å². The second kappa shape index (κ2) is 8.29. The Hall–Kier alpha value is -0.210. The Kier molecular flexibility index (Phi) is 7.39. The Morgan fingerprint density at radius 1 is 1.30 bits per heavy atom. The van der Waals surface area contributed by atoms with E-state index in [-0.39, 0.29) is 6.10 Å². The first-order valence-corrected chi connectivity index (χ1v) is 8.76. The van der Waals surface area contributed by atoms with Gasteiger partial charge in [-0.2, -0.15) is 17.0 Å². The molecule has 6 nitrogen and oxygen atoms in total. The zero-order valence-electron chi connectivity index (χ0n) is 13.1. The van der Waals surface area contributed by atoms with Crippen LogP contribution in [0.2, 0.25) is 0 Å². The Morgan fingerprint density at radius 2 is 2.00 bits per heavy atom. The summed E-state index contributed by atoms with van der Waals surface area (Å²) in [5.41, 5.74) is 0. The molecule has 0 spiro atoms. The average molecular weight is 307 g/mol. The third-order valence-corrected chi connectivity index (χ3v) is 5.38. The van der Waals surface area contributed by atoms with E-state index in [2.05, 4.69) is 19.2 Å². The summed E-state index contributed by atoms with van der Waals surface area (Å²) in [4.78, 5) is 0. The van der Waals surface area contributed by atoms with Crippen molar-refractivity contribution >= 4 is 10.2 Å². The molecule has 1 aliphatic heterocycles. The van der Waals surface area contributed by atoms with Crippen LogP contribution in [0.5, 0.6) is 0 Å². The highest BCUT2D eigenvalue weighted by atomic mass is 32.2. The molecule has 0 aliphatic carbocycles. The predicted molar refractivity (Wildman–Crippen MR) is 80.9 cm³/mol. The van der Waals surface area contributed by atoms with Crippen molar-refractivity contribution in [3.8, 4) is 0 Å². The zero-order valence-corrected chi connectivity index (χ0v) is 13.9. The van der Waals surface area contributed by atoms with Crippen LogP contribution in [0, 0.1) is 0 Å². The van der Waals surface area contributed by atoms with Crippen LogP contribution in [-0.2, 0) is 14.9 Å². The summed E-state index contributed by atoms with van der Waals surface area (Å²) in [6, 6.07) is 0.430. The van der Waals surface area contributed by atoms with Crippen LogP contribution in [-0.4, -0.2) is 69.5 Å². The van der Waals surface area contributed by atoms with E-state index < -0.39 is 10.2 Å². The fourth-order valence-electron chi connectivity index (χ4n) is 2.22. The van der Waals surface area contributed by atoms with Gasteiger partial charge < -0.3 is 10.1 Å². The number of ether oxygens (including phenoxy) is 1. The Bertz CT molecular complexity index is 367. The number of nitrogens with zero attached hydrogens (tertiary/aromatic N) is 2. The van der Waals surface area contributed by atoms with Crippen molar-refractivity contribution in [3.63, 3.8) is 0 Å². The van der Waals surface area contributed by atoms with Gasteiger partial charge >= 0.3 is 0 Å². The molecule has 1 aliphatic rings. The van der Waals surface area contributed by atoms with Crippen molar-refractivity contribution in [3.05, 3.63) is 0 Å². The molecule has 1 fully saturated rings. The SMILES string of the molecule is CC(C)NCCCN(C)S(=O)(=O)N(C)CC1CCCO1. The smallest absolute Gasteiger partial charge is 0.281 e. The van der Waals surface area contributed by atoms with Crippen LogP contribution in [0.1, 0.15) is 33.1 Å². The fourth-order valence-corrected chi connectivity index (χ4v) is 3.41. The lowest BCUT2D eigenvalue weighted by atomic mass is 10.2. The molecular formula is C13H29N3O3S. The molecule has 0 saturated carbocycles. The van der Waals surface area contributed by atoms with Gasteiger partial charge in [0.05, 0.1) is 6.10 Å². The number of likely N-dealkylation sites (N-methyl/N-ethyl adjacent to an activating group) is 1. The molecule has 7 heteroatoms. The quantitative estimate of drug-likeness (QED) is 0.636. The summed E-state index contributed by atoms with van der Waals surface area (Å²) < 4.78 is 33.0. The number of hydrogen-bond donors (Lipinski definition) is 1. The second-order valence-electron chi connectivity index (χ2n) is 5.71. The van der Waals surface area contributed by atoms with Gasteiger partial charge in [0.15, 0.2) is 0 Å². The van der Waals surface area contributed by atoms with Crippen LogP contribution in [0.15, 0.2) is 0 Å². The van der Waals surface area contributed by atoms with Crippen LogP contribution in [0.25, 0.3) is 0 Å². The summed E-state index contributed by atoms with van der Waals surface area (Å²) in [6.07, 6.45) is 2.82. The van der Waals surface area contributed by atoms with Gasteiger partial charge in [0.2, 0.25) is 0 Å². The molecule has 20 heavy (non-hydrogen) atoms. The second-order valence-corrected chi connectivity index (χ2v) is 7.85. The van der Waals surface area contributed by atoms with Crippen LogP contribution >= 0.6 is 0 Å². The Labute approximate surface area is 123 Å². The van der Waals surface area contributed by atoms with Crippen molar-refractivity contribution in [1.29, 1.82) is 0 Å². The maximum absolute atomic E-state index is 12.3. The molecule has 1 atom stereocenters. The van der Waals surface area contributed by atoms with E-state index in [0.29, 0.717) is 19.1 Å². The van der Waals surface area contributed by atoms with Crippen molar-refractivity contribution in [1.82, 2.24) is 13.9 Å². The van der Waals surface area contributed by atoms with Gasteiger partial charge in [-0.3, -0.25) is 0 Å². The van der Waals surface area contributed by atoms with E-state index in [9.17, 15) is 8.42 Å². The predicted octanol–water partition coefficient (Wildman–Crippen LogP) is 0.662. The van der Waals surface area contributed by atoms with Crippen molar-refractivity contribution in [2.45, 2.75) is 45.3 Å². The normalized spacial score (nSPS) is 20.4. The van der Waals surface area contributed by atoms with Crippen LogP contribution in [0.3, 0.4) is 0 Å². The molecule has 0 aromatic rings. The van der Waals surface area contributed by atoms with E-state index in [1.807, 2.05) is 0 Å². The summed E-state index contributed by atoms with van der Waals surface area (Å²) in [6.45, 7) is 6.70. The number of nitrogens with one attached hydrogen (secondary N) is 1. The Morgan fingerprint density at radius 3 is 2.55 bits per heavy atom. The van der Waals surface area contributed by atoms with Gasteiger partial charge in [-0.15, -0.1) is 0 Å². The third kappa shape index (κ3) is 5.65. The van der Waals surface area contributed by atoms with Crippen LogP contribution in [0.4, 0.5) is 0 Å². The van der Waals surface area contributed by atoms with Crippen molar-refractivity contribution in [2.75, 3.05) is 40.3 Å². The van der Waals surface area contributed by atoms with Gasteiger partial charge in [0, 0.05) is 39.8 Å². The van der Waals surface area contributed by atoms with Gasteiger partial charge in [-0.1, -0.05) is 13.8 Å². The van der Waals surface area contributed by atoms with Crippen molar-refractivity contribution in [2.24, 2.45) is 0 Å². The summed E-state index contributed by atoms with van der Waals surface area (Å²) >= 11 is 0. The first-order chi connectivity index (χ1) is 9.34. The van der Waals surface area contributed by atoms with Crippen molar-refractivity contribution < 1.29 is 13.2 Å². The maximum Gasteiger partial charge on any atom is 0.281 e. The first kappa shape index (κ1) is 17.8. The molecule has 0 amide bonds. The standard InChI is InChI=1S/C13H29N3O3S/c1-12(2)14-8-6-9-15(3)20(17,18)16(4)11-13-7-5-10-19-13/h12-14H,5-11H2,1-4H3. The molecule has 1 rings (SSSR count).